The first-order valence-electron chi connectivity index (χ1n) is 7.29. The van der Waals surface area contributed by atoms with E-state index in [1.54, 1.807) is 23.3 Å². The molecule has 0 spiro atoms. The van der Waals surface area contributed by atoms with Gasteiger partial charge in [0.2, 0.25) is 11.8 Å². The molecule has 2 amide bonds. The van der Waals surface area contributed by atoms with Crippen molar-refractivity contribution in [1.82, 2.24) is 4.90 Å². The van der Waals surface area contributed by atoms with Crippen LogP contribution in [-0.2, 0) is 16.1 Å². The maximum atomic E-state index is 12.1. The van der Waals surface area contributed by atoms with Crippen LogP contribution in [0.1, 0.15) is 24.7 Å². The Bertz CT molecular complexity index is 683. The number of aryl methyl sites for hydroxylation is 1. The van der Waals surface area contributed by atoms with Crippen molar-refractivity contribution in [2.24, 2.45) is 0 Å². The van der Waals surface area contributed by atoms with Crippen molar-refractivity contribution in [2.45, 2.75) is 26.8 Å². The molecule has 1 aromatic carbocycles. The monoisotopic (exact) mass is 378 g/mol. The summed E-state index contributed by atoms with van der Waals surface area (Å²) in [7, 11) is 0. The van der Waals surface area contributed by atoms with E-state index in [1.807, 2.05) is 25.1 Å². The molecule has 0 bridgehead atoms. The van der Waals surface area contributed by atoms with Gasteiger partial charge in [0.25, 0.3) is 0 Å². The van der Waals surface area contributed by atoms with Gasteiger partial charge in [0.05, 0.1) is 12.8 Å². The van der Waals surface area contributed by atoms with Gasteiger partial charge in [-0.1, -0.05) is 15.9 Å². The quantitative estimate of drug-likeness (QED) is 0.832. The van der Waals surface area contributed by atoms with E-state index < -0.39 is 0 Å². The zero-order chi connectivity index (χ0) is 16.8. The molecule has 2 rings (SSSR count). The van der Waals surface area contributed by atoms with Gasteiger partial charge in [0, 0.05) is 30.0 Å². The zero-order valence-electron chi connectivity index (χ0n) is 13.1. The molecule has 0 aliphatic rings. The van der Waals surface area contributed by atoms with Crippen LogP contribution >= 0.6 is 15.9 Å². The number of carbonyl (C=O) groups excluding carboxylic acids is 2. The van der Waals surface area contributed by atoms with E-state index in [2.05, 4.69) is 21.2 Å². The third-order valence-corrected chi connectivity index (χ3v) is 4.31. The highest BCUT2D eigenvalue weighted by molar-refractivity contribution is 9.10. The van der Waals surface area contributed by atoms with E-state index in [-0.39, 0.29) is 18.2 Å². The highest BCUT2D eigenvalue weighted by Crippen LogP contribution is 2.20. The fraction of sp³-hybridized carbons (Fsp3) is 0.294. The maximum absolute atomic E-state index is 12.1. The first kappa shape index (κ1) is 17.3. The van der Waals surface area contributed by atoms with Gasteiger partial charge in [-0.2, -0.15) is 0 Å². The smallest absolute Gasteiger partial charge is 0.226 e. The molecule has 0 fully saturated rings. The lowest BCUT2D eigenvalue weighted by molar-refractivity contribution is -0.130. The first-order valence-corrected chi connectivity index (χ1v) is 8.09. The van der Waals surface area contributed by atoms with Crippen LogP contribution in [-0.4, -0.2) is 23.3 Å². The second kappa shape index (κ2) is 7.97. The molecule has 122 valence electrons. The predicted molar refractivity (Wildman–Crippen MR) is 91.9 cm³/mol. The SMILES string of the molecule is CC(=O)N(CCC(=O)Nc1ccc(Br)c(C)c1)Cc1ccco1. The molecule has 1 aromatic heterocycles. The molecule has 1 N–H and O–H groups in total. The Labute approximate surface area is 143 Å². The Morgan fingerprint density at radius 1 is 1.30 bits per heavy atom. The number of nitrogens with zero attached hydrogens (tertiary/aromatic N) is 1. The van der Waals surface area contributed by atoms with Crippen LogP contribution in [0.25, 0.3) is 0 Å². The molecule has 0 radical (unpaired) electrons. The Hall–Kier alpha value is -2.08. The summed E-state index contributed by atoms with van der Waals surface area (Å²) in [5.74, 6) is 0.482. The van der Waals surface area contributed by atoms with Crippen molar-refractivity contribution < 1.29 is 14.0 Å². The summed E-state index contributed by atoms with van der Waals surface area (Å²) in [5.41, 5.74) is 1.79. The molecule has 5 nitrogen and oxygen atoms in total. The average Bonchev–Trinajstić information content (AvgIpc) is 3.00. The minimum absolute atomic E-state index is 0.0892. The summed E-state index contributed by atoms with van der Waals surface area (Å²) >= 11 is 3.42. The Kier molecular flexibility index (Phi) is 5.98. The Balaban J connectivity index is 1.88. The van der Waals surface area contributed by atoms with Crippen LogP contribution in [0.2, 0.25) is 0 Å². The molecule has 0 unspecified atom stereocenters. The van der Waals surface area contributed by atoms with Crippen molar-refractivity contribution in [1.29, 1.82) is 0 Å². The number of hydrogen-bond acceptors (Lipinski definition) is 3. The van der Waals surface area contributed by atoms with Gasteiger partial charge < -0.3 is 14.6 Å². The summed E-state index contributed by atoms with van der Waals surface area (Å²) in [6, 6.07) is 9.20. The van der Waals surface area contributed by atoms with Gasteiger partial charge in [-0.3, -0.25) is 9.59 Å². The van der Waals surface area contributed by atoms with Crippen LogP contribution in [0, 0.1) is 6.92 Å². The number of halogens is 1. The molecule has 2 aromatic rings. The van der Waals surface area contributed by atoms with Crippen LogP contribution < -0.4 is 5.32 Å². The number of hydrogen-bond donors (Lipinski definition) is 1. The van der Waals surface area contributed by atoms with Crippen molar-refractivity contribution in [3.05, 3.63) is 52.4 Å². The minimum Gasteiger partial charge on any atom is -0.467 e. The summed E-state index contributed by atoms with van der Waals surface area (Å²) in [6.07, 6.45) is 1.80. The molecule has 1 heterocycles. The Morgan fingerprint density at radius 2 is 2.09 bits per heavy atom. The van der Waals surface area contributed by atoms with Crippen LogP contribution in [0.15, 0.2) is 45.5 Å². The second-order valence-electron chi connectivity index (χ2n) is 5.28. The maximum Gasteiger partial charge on any atom is 0.226 e. The normalized spacial score (nSPS) is 10.4. The summed E-state index contributed by atoms with van der Waals surface area (Å²) < 4.78 is 6.24. The number of furan rings is 1. The minimum atomic E-state index is -0.127. The number of carbonyl (C=O) groups is 2. The van der Waals surface area contributed by atoms with Gasteiger partial charge in [0.15, 0.2) is 0 Å². The highest BCUT2D eigenvalue weighted by Gasteiger charge is 2.13. The van der Waals surface area contributed by atoms with E-state index in [1.165, 1.54) is 6.92 Å². The van der Waals surface area contributed by atoms with Gasteiger partial charge in [-0.15, -0.1) is 0 Å². The molecule has 0 atom stereocenters. The summed E-state index contributed by atoms with van der Waals surface area (Å²) in [6.45, 7) is 4.16. The molecular formula is C17H19BrN2O3. The van der Waals surface area contributed by atoms with Crippen LogP contribution in [0.3, 0.4) is 0 Å². The topological polar surface area (TPSA) is 62.6 Å². The van der Waals surface area contributed by atoms with E-state index in [9.17, 15) is 9.59 Å². The van der Waals surface area contributed by atoms with Gasteiger partial charge in [-0.25, -0.2) is 0 Å². The average molecular weight is 379 g/mol. The fourth-order valence-corrected chi connectivity index (χ4v) is 2.37. The van der Waals surface area contributed by atoms with E-state index in [4.69, 9.17) is 4.42 Å². The van der Waals surface area contributed by atoms with E-state index >= 15 is 0 Å². The standard InChI is InChI=1S/C17H19BrN2O3/c1-12-10-14(5-6-16(12)18)19-17(22)7-8-20(13(2)21)11-15-4-3-9-23-15/h3-6,9-10H,7-8,11H2,1-2H3,(H,19,22). The van der Waals surface area contributed by atoms with Crippen LogP contribution in [0.5, 0.6) is 0 Å². The predicted octanol–water partition coefficient (Wildman–Crippen LogP) is 3.73. The summed E-state index contributed by atoms with van der Waals surface area (Å²) in [4.78, 5) is 25.3. The van der Waals surface area contributed by atoms with E-state index in [0.29, 0.717) is 18.8 Å². The molecule has 23 heavy (non-hydrogen) atoms. The van der Waals surface area contributed by atoms with Crippen LogP contribution in [0.4, 0.5) is 5.69 Å². The molecule has 0 aliphatic carbocycles. The number of nitrogens with one attached hydrogen (secondary N) is 1. The number of amides is 2. The fourth-order valence-electron chi connectivity index (χ4n) is 2.12. The third-order valence-electron chi connectivity index (χ3n) is 3.42. The largest absolute Gasteiger partial charge is 0.467 e. The lowest BCUT2D eigenvalue weighted by atomic mass is 10.2. The summed E-state index contributed by atoms with van der Waals surface area (Å²) in [5, 5.41) is 2.84. The van der Waals surface area contributed by atoms with Crippen molar-refractivity contribution >= 4 is 33.4 Å². The lowest BCUT2D eigenvalue weighted by Gasteiger charge is -2.19. The van der Waals surface area contributed by atoms with Gasteiger partial charge in [0.1, 0.15) is 5.76 Å². The molecule has 0 aliphatic heterocycles. The highest BCUT2D eigenvalue weighted by atomic mass is 79.9. The first-order chi connectivity index (χ1) is 11.0. The lowest BCUT2D eigenvalue weighted by Crippen LogP contribution is -2.31. The molecule has 0 saturated carbocycles. The van der Waals surface area contributed by atoms with Crippen molar-refractivity contribution in [3.63, 3.8) is 0 Å². The zero-order valence-corrected chi connectivity index (χ0v) is 14.7. The number of rotatable bonds is 6. The van der Waals surface area contributed by atoms with Crippen molar-refractivity contribution in [3.8, 4) is 0 Å². The van der Waals surface area contributed by atoms with Crippen molar-refractivity contribution in [2.75, 3.05) is 11.9 Å². The molecule has 0 saturated heterocycles. The number of anilines is 1. The van der Waals surface area contributed by atoms with Gasteiger partial charge in [-0.05, 0) is 42.8 Å². The molecule has 6 heteroatoms. The number of benzene rings is 1. The van der Waals surface area contributed by atoms with Gasteiger partial charge >= 0.3 is 0 Å². The molecular weight excluding hydrogens is 360 g/mol. The third kappa shape index (κ3) is 5.25. The van der Waals surface area contributed by atoms with E-state index in [0.717, 1.165) is 15.7 Å². The second-order valence-corrected chi connectivity index (χ2v) is 6.14. The Morgan fingerprint density at radius 3 is 2.70 bits per heavy atom.